The lowest BCUT2D eigenvalue weighted by molar-refractivity contribution is 0.0410. The van der Waals surface area contributed by atoms with Crippen LogP contribution >= 0.6 is 0 Å². The Balaban J connectivity index is 1.80. The molecule has 1 fully saturated rings. The molecule has 130 valence electrons. The summed E-state index contributed by atoms with van der Waals surface area (Å²) < 4.78 is 49.7. The Hall–Kier alpha value is -1.02. The predicted molar refractivity (Wildman–Crippen MR) is 86.0 cm³/mol. The highest BCUT2D eigenvalue weighted by molar-refractivity contribution is 7.88. The van der Waals surface area contributed by atoms with Crippen LogP contribution in [0, 0.1) is 11.7 Å². The summed E-state index contributed by atoms with van der Waals surface area (Å²) in [7, 11) is -1.72. The van der Waals surface area contributed by atoms with E-state index in [9.17, 15) is 12.8 Å². The highest BCUT2D eigenvalue weighted by Gasteiger charge is 2.28. The van der Waals surface area contributed by atoms with Gasteiger partial charge in [0.2, 0.25) is 10.0 Å². The number of piperidine rings is 1. The highest BCUT2D eigenvalue weighted by Crippen LogP contribution is 2.22. The molecule has 1 aromatic rings. The van der Waals surface area contributed by atoms with Crippen LogP contribution in [-0.2, 0) is 25.2 Å². The topological polar surface area (TPSA) is 55.8 Å². The SMILES string of the molecule is COCCOCC1CCN(S(=O)(=O)Cc2ccc(F)cc2)CC1. The number of methoxy groups -OCH3 is 1. The number of hydrogen-bond donors (Lipinski definition) is 0. The van der Waals surface area contributed by atoms with Crippen molar-refractivity contribution in [2.45, 2.75) is 18.6 Å². The van der Waals surface area contributed by atoms with Crippen LogP contribution in [0.5, 0.6) is 0 Å². The molecule has 0 amide bonds. The van der Waals surface area contributed by atoms with Gasteiger partial charge in [0.05, 0.1) is 19.0 Å². The number of halogens is 1. The molecule has 0 aromatic heterocycles. The van der Waals surface area contributed by atoms with Crippen molar-refractivity contribution in [3.05, 3.63) is 35.6 Å². The standard InChI is InChI=1S/C16H24FNO4S/c1-21-10-11-22-12-14-6-8-18(9-7-14)23(19,20)13-15-2-4-16(17)5-3-15/h2-5,14H,6-13H2,1H3. The Morgan fingerprint density at radius 1 is 1.17 bits per heavy atom. The Morgan fingerprint density at radius 3 is 2.43 bits per heavy atom. The molecule has 1 heterocycles. The summed E-state index contributed by atoms with van der Waals surface area (Å²) in [6.45, 7) is 2.82. The molecule has 0 unspecified atom stereocenters. The van der Waals surface area contributed by atoms with Gasteiger partial charge in [-0.05, 0) is 36.5 Å². The summed E-state index contributed by atoms with van der Waals surface area (Å²) in [5.41, 5.74) is 0.608. The van der Waals surface area contributed by atoms with Crippen LogP contribution in [0.2, 0.25) is 0 Å². The Bertz CT molecular complexity index is 568. The van der Waals surface area contributed by atoms with Gasteiger partial charge in [0.15, 0.2) is 0 Å². The summed E-state index contributed by atoms with van der Waals surface area (Å²) >= 11 is 0. The fraction of sp³-hybridized carbons (Fsp3) is 0.625. The molecule has 0 N–H and O–H groups in total. The van der Waals surface area contributed by atoms with Gasteiger partial charge in [0.25, 0.3) is 0 Å². The second-order valence-electron chi connectivity index (χ2n) is 5.79. The fourth-order valence-corrected chi connectivity index (χ4v) is 4.19. The predicted octanol–water partition coefficient (Wildman–Crippen LogP) is 2.03. The third-order valence-corrected chi connectivity index (χ3v) is 5.86. The maximum Gasteiger partial charge on any atom is 0.218 e. The molecule has 0 radical (unpaired) electrons. The summed E-state index contributed by atoms with van der Waals surface area (Å²) in [4.78, 5) is 0. The van der Waals surface area contributed by atoms with Crippen LogP contribution in [0.3, 0.4) is 0 Å². The molecule has 0 atom stereocenters. The number of rotatable bonds is 8. The summed E-state index contributed by atoms with van der Waals surface area (Å²) in [5.74, 6) is -0.0491. The van der Waals surface area contributed by atoms with Crippen molar-refractivity contribution in [2.24, 2.45) is 5.92 Å². The smallest absolute Gasteiger partial charge is 0.218 e. The van der Waals surface area contributed by atoms with E-state index in [-0.39, 0.29) is 11.6 Å². The molecule has 23 heavy (non-hydrogen) atoms. The van der Waals surface area contributed by atoms with Gasteiger partial charge in [-0.15, -0.1) is 0 Å². The molecule has 1 aliphatic heterocycles. The Labute approximate surface area is 137 Å². The normalized spacial score (nSPS) is 17.5. The number of hydrogen-bond acceptors (Lipinski definition) is 4. The van der Waals surface area contributed by atoms with Crippen LogP contribution in [0.1, 0.15) is 18.4 Å². The van der Waals surface area contributed by atoms with Crippen molar-refractivity contribution in [2.75, 3.05) is 40.0 Å². The van der Waals surface area contributed by atoms with E-state index in [0.29, 0.717) is 44.4 Å². The van der Waals surface area contributed by atoms with Crippen molar-refractivity contribution in [1.82, 2.24) is 4.31 Å². The summed E-state index contributed by atoms with van der Waals surface area (Å²) in [6, 6.07) is 5.61. The first-order valence-electron chi connectivity index (χ1n) is 7.80. The highest BCUT2D eigenvalue weighted by atomic mass is 32.2. The monoisotopic (exact) mass is 345 g/mol. The van der Waals surface area contributed by atoms with Gasteiger partial charge in [-0.25, -0.2) is 17.1 Å². The lowest BCUT2D eigenvalue weighted by Gasteiger charge is -2.31. The zero-order valence-corrected chi connectivity index (χ0v) is 14.2. The summed E-state index contributed by atoms with van der Waals surface area (Å²) in [5, 5.41) is 0. The fourth-order valence-electron chi connectivity index (χ4n) is 2.63. The van der Waals surface area contributed by atoms with Crippen molar-refractivity contribution >= 4 is 10.0 Å². The molecule has 0 aliphatic carbocycles. The number of nitrogens with zero attached hydrogens (tertiary/aromatic N) is 1. The van der Waals surface area contributed by atoms with Gasteiger partial charge in [-0.1, -0.05) is 12.1 Å². The van der Waals surface area contributed by atoms with Crippen LogP contribution in [0.25, 0.3) is 0 Å². The lowest BCUT2D eigenvalue weighted by atomic mass is 9.99. The second-order valence-corrected chi connectivity index (χ2v) is 7.76. The van der Waals surface area contributed by atoms with Crippen molar-refractivity contribution in [3.63, 3.8) is 0 Å². The van der Waals surface area contributed by atoms with Crippen LogP contribution in [0.15, 0.2) is 24.3 Å². The maximum absolute atomic E-state index is 12.9. The zero-order valence-electron chi connectivity index (χ0n) is 13.4. The average Bonchev–Trinajstić information content (AvgIpc) is 2.54. The van der Waals surface area contributed by atoms with Gasteiger partial charge in [-0.3, -0.25) is 0 Å². The first kappa shape index (κ1) is 18.3. The molecule has 1 saturated heterocycles. The molecule has 0 saturated carbocycles. The minimum atomic E-state index is -3.35. The molecule has 5 nitrogen and oxygen atoms in total. The van der Waals surface area contributed by atoms with Crippen LogP contribution < -0.4 is 0 Å². The molecule has 7 heteroatoms. The first-order chi connectivity index (χ1) is 11.0. The molecule has 2 rings (SSSR count). The molecule has 0 spiro atoms. The molecular weight excluding hydrogens is 321 g/mol. The van der Waals surface area contributed by atoms with Gasteiger partial charge < -0.3 is 9.47 Å². The van der Waals surface area contributed by atoms with E-state index in [1.165, 1.54) is 28.6 Å². The largest absolute Gasteiger partial charge is 0.382 e. The first-order valence-corrected chi connectivity index (χ1v) is 9.41. The van der Waals surface area contributed by atoms with Crippen LogP contribution in [0.4, 0.5) is 4.39 Å². The third kappa shape index (κ3) is 5.84. The van der Waals surface area contributed by atoms with Gasteiger partial charge >= 0.3 is 0 Å². The zero-order chi connectivity index (χ0) is 16.7. The van der Waals surface area contributed by atoms with Gasteiger partial charge in [0.1, 0.15) is 5.82 Å². The van der Waals surface area contributed by atoms with Gasteiger partial charge in [-0.2, -0.15) is 0 Å². The van der Waals surface area contributed by atoms with E-state index in [0.717, 1.165) is 12.8 Å². The van der Waals surface area contributed by atoms with E-state index in [4.69, 9.17) is 9.47 Å². The maximum atomic E-state index is 12.9. The Kier molecular flexibility index (Phi) is 6.95. The molecule has 1 aromatic carbocycles. The lowest BCUT2D eigenvalue weighted by Crippen LogP contribution is -2.40. The van der Waals surface area contributed by atoms with Crippen molar-refractivity contribution in [1.29, 1.82) is 0 Å². The van der Waals surface area contributed by atoms with E-state index in [2.05, 4.69) is 0 Å². The molecular formula is C16H24FNO4S. The second kappa shape index (κ2) is 8.73. The number of sulfonamides is 1. The van der Waals surface area contributed by atoms with E-state index in [1.54, 1.807) is 7.11 Å². The van der Waals surface area contributed by atoms with Gasteiger partial charge in [0, 0.05) is 26.8 Å². The quantitative estimate of drug-likeness (QED) is 0.677. The minimum absolute atomic E-state index is 0.0811. The third-order valence-electron chi connectivity index (χ3n) is 4.01. The summed E-state index contributed by atoms with van der Waals surface area (Å²) in [6.07, 6.45) is 1.60. The number of benzene rings is 1. The van der Waals surface area contributed by atoms with Crippen molar-refractivity contribution < 1.29 is 22.3 Å². The van der Waals surface area contributed by atoms with Crippen molar-refractivity contribution in [3.8, 4) is 0 Å². The van der Waals surface area contributed by atoms with E-state index >= 15 is 0 Å². The van der Waals surface area contributed by atoms with Crippen LogP contribution in [-0.4, -0.2) is 52.7 Å². The molecule has 0 bridgehead atoms. The molecule has 1 aliphatic rings. The van der Waals surface area contributed by atoms with E-state index in [1.807, 2.05) is 0 Å². The van der Waals surface area contributed by atoms with E-state index < -0.39 is 10.0 Å². The minimum Gasteiger partial charge on any atom is -0.382 e. The number of ether oxygens (including phenoxy) is 2. The average molecular weight is 345 g/mol. The Morgan fingerprint density at radius 2 is 1.83 bits per heavy atom.